The molecule has 0 aromatic carbocycles. The maximum Gasteiger partial charge on any atom is 0.408 e. The number of hydrogen-bond donors (Lipinski definition) is 5. The molecule has 14 nitrogen and oxygen atoms in total. The number of rotatable bonds is 15. The Balaban J connectivity index is 2.22. The van der Waals surface area contributed by atoms with Crippen LogP contribution < -0.4 is 16.0 Å². The van der Waals surface area contributed by atoms with Gasteiger partial charge < -0.3 is 30.8 Å². The van der Waals surface area contributed by atoms with E-state index in [1.165, 1.54) is 30.9 Å². The number of nitro groups is 1. The van der Waals surface area contributed by atoms with E-state index < -0.39 is 46.6 Å². The minimum atomic E-state index is -1.17. The molecule has 5 N–H and O–H groups in total. The SMILES string of the molecule is CC(C)C[C@@H](CO)NC(=O)[C@H](Cc1cnc[nH]1)NC(=O)[C@H](CSSc1ncccc1[N+](=O)[O-])NC(=O)OC(C)(C)C. The summed E-state index contributed by atoms with van der Waals surface area (Å²) in [5.41, 5.74) is -0.443. The minimum Gasteiger partial charge on any atom is -0.444 e. The zero-order valence-corrected chi connectivity index (χ0v) is 25.2. The zero-order chi connectivity index (χ0) is 30.6. The highest BCUT2D eigenvalue weighted by Crippen LogP contribution is 2.35. The molecule has 2 aromatic heterocycles. The lowest BCUT2D eigenvalue weighted by Gasteiger charge is -2.26. The molecule has 0 aliphatic carbocycles. The third-order valence-corrected chi connectivity index (χ3v) is 7.56. The van der Waals surface area contributed by atoms with Crippen molar-refractivity contribution in [3.8, 4) is 0 Å². The highest BCUT2D eigenvalue weighted by atomic mass is 33.1. The molecule has 0 spiro atoms. The molecule has 0 aliphatic rings. The average Bonchev–Trinajstić information content (AvgIpc) is 3.39. The molecule has 0 unspecified atom stereocenters. The quantitative estimate of drug-likeness (QED) is 0.113. The van der Waals surface area contributed by atoms with E-state index in [1.54, 1.807) is 20.8 Å². The van der Waals surface area contributed by atoms with Crippen molar-refractivity contribution in [1.82, 2.24) is 30.9 Å². The molecule has 16 heteroatoms. The molecule has 2 heterocycles. The Morgan fingerprint density at radius 1 is 1.17 bits per heavy atom. The van der Waals surface area contributed by atoms with Gasteiger partial charge in [-0.25, -0.2) is 14.8 Å². The summed E-state index contributed by atoms with van der Waals surface area (Å²) >= 11 is 0. The summed E-state index contributed by atoms with van der Waals surface area (Å²) in [5, 5.41) is 29.2. The molecule has 2 aromatic rings. The standard InChI is InChI=1S/C25H37N7O7S2/c1-15(2)9-17(12-33)29-21(34)18(10-16-11-26-14-28-16)30-22(35)19(31-24(36)39-25(3,4)5)13-40-41-23-20(32(37)38)7-6-8-27-23/h6-8,11,14-15,17-19,33H,9-10,12-13H2,1-5H3,(H,26,28)(H,29,34)(H,30,35)(H,31,36)/t17-,18-,19-/m0/s1. The van der Waals surface area contributed by atoms with Crippen LogP contribution in [0.15, 0.2) is 35.9 Å². The summed E-state index contributed by atoms with van der Waals surface area (Å²) in [5.74, 6) is -1.02. The van der Waals surface area contributed by atoms with Crippen molar-refractivity contribution in [2.45, 2.75) is 76.2 Å². The van der Waals surface area contributed by atoms with Gasteiger partial charge in [-0.1, -0.05) is 24.6 Å². The number of aliphatic hydroxyl groups is 1. The van der Waals surface area contributed by atoms with E-state index in [0.717, 1.165) is 21.6 Å². The second kappa shape index (κ2) is 16.2. The summed E-state index contributed by atoms with van der Waals surface area (Å²) in [6, 6.07) is 0.00516. The van der Waals surface area contributed by atoms with Gasteiger partial charge in [-0.05, 0) is 50.0 Å². The number of aliphatic hydroxyl groups excluding tert-OH is 1. The van der Waals surface area contributed by atoms with Crippen molar-refractivity contribution in [3.05, 3.63) is 46.7 Å². The first kappa shape index (κ1) is 33.8. The third-order valence-electron chi connectivity index (χ3n) is 5.26. The van der Waals surface area contributed by atoms with Gasteiger partial charge in [-0.15, -0.1) is 0 Å². The van der Waals surface area contributed by atoms with Gasteiger partial charge in [0, 0.05) is 36.3 Å². The number of nitrogens with zero attached hydrogens (tertiary/aromatic N) is 3. The van der Waals surface area contributed by atoms with Crippen molar-refractivity contribution in [3.63, 3.8) is 0 Å². The van der Waals surface area contributed by atoms with Crippen LogP contribution in [-0.4, -0.2) is 79.0 Å². The number of amides is 3. The first-order valence-corrected chi connectivity index (χ1v) is 15.2. The maximum absolute atomic E-state index is 13.5. The van der Waals surface area contributed by atoms with Crippen LogP contribution in [0.1, 0.15) is 46.7 Å². The number of carbonyl (C=O) groups is 3. The van der Waals surface area contributed by atoms with Crippen LogP contribution in [0.3, 0.4) is 0 Å². The van der Waals surface area contributed by atoms with Crippen LogP contribution in [0.5, 0.6) is 0 Å². The van der Waals surface area contributed by atoms with E-state index in [4.69, 9.17) is 4.74 Å². The second-order valence-electron chi connectivity index (χ2n) is 10.5. The Bertz CT molecular complexity index is 1160. The zero-order valence-electron chi connectivity index (χ0n) is 23.6. The van der Waals surface area contributed by atoms with E-state index in [0.29, 0.717) is 12.1 Å². The second-order valence-corrected chi connectivity index (χ2v) is 12.8. The Labute approximate surface area is 246 Å². The number of aromatic amines is 1. The average molecular weight is 612 g/mol. The molecule has 0 saturated heterocycles. The molecular formula is C25H37N7O7S2. The largest absolute Gasteiger partial charge is 0.444 e. The number of pyridine rings is 1. The van der Waals surface area contributed by atoms with E-state index in [9.17, 15) is 29.6 Å². The Hall–Kier alpha value is -3.37. The van der Waals surface area contributed by atoms with Gasteiger partial charge in [0.15, 0.2) is 5.03 Å². The Morgan fingerprint density at radius 3 is 2.46 bits per heavy atom. The van der Waals surface area contributed by atoms with E-state index in [2.05, 4.69) is 30.9 Å². The van der Waals surface area contributed by atoms with Crippen LogP contribution in [0.4, 0.5) is 10.5 Å². The fourth-order valence-corrected chi connectivity index (χ4v) is 5.74. The summed E-state index contributed by atoms with van der Waals surface area (Å²) in [6.07, 6.45) is 4.13. The number of imidazole rings is 1. The smallest absolute Gasteiger partial charge is 0.408 e. The van der Waals surface area contributed by atoms with E-state index in [-0.39, 0.29) is 35.4 Å². The highest BCUT2D eigenvalue weighted by molar-refractivity contribution is 8.76. The van der Waals surface area contributed by atoms with Crippen molar-refractivity contribution in [2.24, 2.45) is 5.92 Å². The lowest BCUT2D eigenvalue weighted by molar-refractivity contribution is -0.388. The maximum atomic E-state index is 13.5. The number of ether oxygens (including phenoxy) is 1. The fraction of sp³-hybridized carbons (Fsp3) is 0.560. The molecule has 0 aliphatic heterocycles. The van der Waals surface area contributed by atoms with Gasteiger partial charge in [-0.3, -0.25) is 19.7 Å². The molecule has 0 radical (unpaired) electrons. The van der Waals surface area contributed by atoms with Crippen molar-refractivity contribution in [2.75, 3.05) is 12.4 Å². The van der Waals surface area contributed by atoms with Gasteiger partial charge in [0.05, 0.1) is 23.9 Å². The third kappa shape index (κ3) is 12.4. The van der Waals surface area contributed by atoms with Crippen LogP contribution in [-0.2, 0) is 20.7 Å². The lowest BCUT2D eigenvalue weighted by atomic mass is 10.0. The van der Waals surface area contributed by atoms with E-state index >= 15 is 0 Å². The van der Waals surface area contributed by atoms with Crippen LogP contribution in [0.25, 0.3) is 0 Å². The lowest BCUT2D eigenvalue weighted by Crippen LogP contribution is -2.57. The van der Waals surface area contributed by atoms with Gasteiger partial charge >= 0.3 is 11.8 Å². The molecular weight excluding hydrogens is 574 g/mol. The first-order valence-electron chi connectivity index (χ1n) is 12.9. The molecule has 0 saturated carbocycles. The van der Waals surface area contributed by atoms with Gasteiger partial charge in [0.2, 0.25) is 11.8 Å². The molecule has 41 heavy (non-hydrogen) atoms. The van der Waals surface area contributed by atoms with E-state index in [1.807, 2.05) is 13.8 Å². The van der Waals surface area contributed by atoms with Crippen molar-refractivity contribution >= 4 is 45.2 Å². The predicted molar refractivity (Wildman–Crippen MR) is 155 cm³/mol. The van der Waals surface area contributed by atoms with Crippen LogP contribution in [0, 0.1) is 16.0 Å². The summed E-state index contributed by atoms with van der Waals surface area (Å²) in [4.78, 5) is 60.9. The summed E-state index contributed by atoms with van der Waals surface area (Å²) in [7, 11) is 2.04. The molecule has 0 fully saturated rings. The van der Waals surface area contributed by atoms with Crippen molar-refractivity contribution in [1.29, 1.82) is 0 Å². The van der Waals surface area contributed by atoms with Gasteiger partial charge in [0.25, 0.3) is 0 Å². The highest BCUT2D eigenvalue weighted by Gasteiger charge is 2.30. The number of nitrogens with one attached hydrogen (secondary N) is 4. The van der Waals surface area contributed by atoms with Crippen LogP contribution >= 0.6 is 21.6 Å². The summed E-state index contributed by atoms with van der Waals surface area (Å²) < 4.78 is 5.31. The normalized spacial score (nSPS) is 13.6. The number of carbonyl (C=O) groups excluding carboxylic acids is 3. The van der Waals surface area contributed by atoms with Gasteiger partial charge in [-0.2, -0.15) is 0 Å². The first-order chi connectivity index (χ1) is 19.3. The Morgan fingerprint density at radius 2 is 1.88 bits per heavy atom. The number of alkyl carbamates (subject to hydrolysis) is 1. The van der Waals surface area contributed by atoms with Gasteiger partial charge in [0.1, 0.15) is 17.7 Å². The fourth-order valence-electron chi connectivity index (χ4n) is 3.52. The number of hydrogen-bond acceptors (Lipinski definition) is 11. The molecule has 226 valence electrons. The molecule has 2 rings (SSSR count). The Kier molecular flexibility index (Phi) is 13.3. The molecule has 3 amide bonds. The topological polar surface area (TPSA) is 201 Å². The number of aromatic nitrogens is 3. The monoisotopic (exact) mass is 611 g/mol. The van der Waals surface area contributed by atoms with Crippen molar-refractivity contribution < 1.29 is 29.2 Å². The molecule has 3 atom stereocenters. The molecule has 0 bridgehead atoms. The number of H-pyrrole nitrogens is 1. The minimum absolute atomic E-state index is 0.0333. The van der Waals surface area contributed by atoms with Crippen LogP contribution in [0.2, 0.25) is 0 Å². The predicted octanol–water partition coefficient (Wildman–Crippen LogP) is 2.60. The summed E-state index contributed by atoms with van der Waals surface area (Å²) in [6.45, 7) is 8.66.